The van der Waals surface area contributed by atoms with Crippen LogP contribution in [0.5, 0.6) is 5.75 Å². The number of carbonyl (C=O) groups is 2. The van der Waals surface area contributed by atoms with Crippen LogP contribution in [0.2, 0.25) is 0 Å². The van der Waals surface area contributed by atoms with Gasteiger partial charge in [0.25, 0.3) is 11.7 Å². The van der Waals surface area contributed by atoms with E-state index >= 15 is 0 Å². The third kappa shape index (κ3) is 5.07. The number of likely N-dealkylation sites (tertiary alicyclic amines) is 1. The Bertz CT molecular complexity index is 1000. The molecule has 3 heterocycles. The van der Waals surface area contributed by atoms with Crippen LogP contribution in [-0.4, -0.2) is 77.6 Å². The lowest BCUT2D eigenvalue weighted by Crippen LogP contribution is -2.42. The van der Waals surface area contributed by atoms with Gasteiger partial charge in [-0.2, -0.15) is 0 Å². The number of hydrogen-bond acceptors (Lipinski definition) is 7. The molecule has 174 valence electrons. The van der Waals surface area contributed by atoms with Crippen molar-refractivity contribution in [2.45, 2.75) is 19.4 Å². The molecule has 0 radical (unpaired) electrons. The summed E-state index contributed by atoms with van der Waals surface area (Å²) in [6.07, 6.45) is 4.16. The van der Waals surface area contributed by atoms with Crippen molar-refractivity contribution >= 4 is 17.4 Å². The molecule has 2 fully saturated rings. The van der Waals surface area contributed by atoms with E-state index in [1.54, 1.807) is 47.6 Å². The Morgan fingerprint density at radius 3 is 2.58 bits per heavy atom. The first-order chi connectivity index (χ1) is 16.1. The van der Waals surface area contributed by atoms with Crippen molar-refractivity contribution in [1.82, 2.24) is 14.8 Å². The lowest BCUT2D eigenvalue weighted by Gasteiger charge is -2.30. The topological polar surface area (TPSA) is 92.2 Å². The molecule has 2 aliphatic rings. The number of aliphatic hydroxyl groups excluding tert-OH is 1. The number of ether oxygens (including phenoxy) is 2. The zero-order valence-electron chi connectivity index (χ0n) is 18.8. The quantitative estimate of drug-likeness (QED) is 0.375. The SMILES string of the molecule is CCCOc1ccc(/C(O)=C2\C(=O)C(=O)N(CCN3CCOCC3)[C@H]2c2cccnc2)cc1. The lowest BCUT2D eigenvalue weighted by atomic mass is 9.96. The molecule has 2 aliphatic heterocycles. The summed E-state index contributed by atoms with van der Waals surface area (Å²) in [5.41, 5.74) is 1.22. The van der Waals surface area contributed by atoms with Crippen molar-refractivity contribution in [3.8, 4) is 5.75 Å². The fourth-order valence-electron chi connectivity index (χ4n) is 4.15. The Morgan fingerprint density at radius 2 is 1.91 bits per heavy atom. The number of aromatic nitrogens is 1. The first-order valence-corrected chi connectivity index (χ1v) is 11.3. The van der Waals surface area contributed by atoms with Gasteiger partial charge in [-0.3, -0.25) is 19.5 Å². The van der Waals surface area contributed by atoms with Crippen LogP contribution in [0.25, 0.3) is 5.76 Å². The molecule has 1 atom stereocenters. The van der Waals surface area contributed by atoms with E-state index in [-0.39, 0.29) is 11.3 Å². The van der Waals surface area contributed by atoms with Crippen molar-refractivity contribution in [3.63, 3.8) is 0 Å². The summed E-state index contributed by atoms with van der Waals surface area (Å²) in [4.78, 5) is 34.0. The van der Waals surface area contributed by atoms with Crippen LogP contribution in [0.15, 0.2) is 54.4 Å². The Kier molecular flexibility index (Phi) is 7.36. The summed E-state index contributed by atoms with van der Waals surface area (Å²) >= 11 is 0. The summed E-state index contributed by atoms with van der Waals surface area (Å²) in [6, 6.07) is 9.77. The van der Waals surface area contributed by atoms with E-state index in [1.165, 1.54) is 0 Å². The fourth-order valence-corrected chi connectivity index (χ4v) is 4.15. The number of hydrogen-bond donors (Lipinski definition) is 1. The fraction of sp³-hybridized carbons (Fsp3) is 0.400. The number of amides is 1. The number of pyridine rings is 1. The highest BCUT2D eigenvalue weighted by Crippen LogP contribution is 2.39. The Morgan fingerprint density at radius 1 is 1.15 bits per heavy atom. The van der Waals surface area contributed by atoms with Gasteiger partial charge < -0.3 is 19.5 Å². The second kappa shape index (κ2) is 10.6. The molecule has 1 amide bonds. The van der Waals surface area contributed by atoms with Gasteiger partial charge in [-0.25, -0.2) is 0 Å². The number of rotatable bonds is 8. The summed E-state index contributed by atoms with van der Waals surface area (Å²) in [5.74, 6) is -0.808. The monoisotopic (exact) mass is 451 g/mol. The van der Waals surface area contributed by atoms with Gasteiger partial charge in [0, 0.05) is 44.1 Å². The van der Waals surface area contributed by atoms with E-state index in [0.717, 1.165) is 19.5 Å². The minimum absolute atomic E-state index is 0.0807. The van der Waals surface area contributed by atoms with Crippen LogP contribution in [0.4, 0.5) is 0 Å². The zero-order valence-corrected chi connectivity index (χ0v) is 18.8. The molecule has 0 aliphatic carbocycles. The minimum Gasteiger partial charge on any atom is -0.507 e. The molecule has 1 N–H and O–H groups in total. The number of morpholine rings is 1. The molecule has 33 heavy (non-hydrogen) atoms. The van der Waals surface area contributed by atoms with Gasteiger partial charge in [-0.05, 0) is 42.3 Å². The number of aliphatic hydroxyl groups is 1. The first kappa shape index (κ1) is 22.9. The molecule has 4 rings (SSSR count). The van der Waals surface area contributed by atoms with Crippen LogP contribution in [0, 0.1) is 0 Å². The minimum atomic E-state index is -0.698. The molecular weight excluding hydrogens is 422 g/mol. The van der Waals surface area contributed by atoms with E-state index in [4.69, 9.17) is 9.47 Å². The van der Waals surface area contributed by atoms with Gasteiger partial charge in [0.05, 0.1) is 31.4 Å². The van der Waals surface area contributed by atoms with Gasteiger partial charge in [0.15, 0.2) is 0 Å². The van der Waals surface area contributed by atoms with Crippen LogP contribution >= 0.6 is 0 Å². The molecule has 0 saturated carbocycles. The molecule has 2 aromatic rings. The van der Waals surface area contributed by atoms with Crippen molar-refractivity contribution in [1.29, 1.82) is 0 Å². The van der Waals surface area contributed by atoms with Crippen molar-refractivity contribution < 1.29 is 24.2 Å². The molecule has 8 heteroatoms. The van der Waals surface area contributed by atoms with Crippen LogP contribution in [0.3, 0.4) is 0 Å². The molecule has 0 unspecified atom stereocenters. The summed E-state index contributed by atoms with van der Waals surface area (Å²) < 4.78 is 11.0. The number of carbonyl (C=O) groups excluding carboxylic acids is 2. The second-order valence-corrected chi connectivity index (χ2v) is 8.11. The largest absolute Gasteiger partial charge is 0.507 e. The van der Waals surface area contributed by atoms with Gasteiger partial charge >= 0.3 is 0 Å². The van der Waals surface area contributed by atoms with E-state index in [1.807, 2.05) is 13.0 Å². The number of Topliss-reactive ketones (excluding diaryl/α,β-unsaturated/α-hetero) is 1. The van der Waals surface area contributed by atoms with Gasteiger partial charge in [0.1, 0.15) is 11.5 Å². The van der Waals surface area contributed by atoms with Gasteiger partial charge in [-0.15, -0.1) is 0 Å². The number of benzene rings is 1. The predicted molar refractivity (Wildman–Crippen MR) is 123 cm³/mol. The molecule has 1 aromatic carbocycles. The third-order valence-electron chi connectivity index (χ3n) is 5.90. The average molecular weight is 452 g/mol. The Labute approximate surface area is 193 Å². The van der Waals surface area contributed by atoms with E-state index in [0.29, 0.717) is 49.8 Å². The summed E-state index contributed by atoms with van der Waals surface area (Å²) in [7, 11) is 0. The maximum atomic E-state index is 13.1. The number of nitrogens with zero attached hydrogens (tertiary/aromatic N) is 3. The van der Waals surface area contributed by atoms with Crippen LogP contribution < -0.4 is 4.74 Å². The van der Waals surface area contributed by atoms with Gasteiger partial charge in [0.2, 0.25) is 0 Å². The first-order valence-electron chi connectivity index (χ1n) is 11.3. The smallest absolute Gasteiger partial charge is 0.295 e. The molecule has 1 aromatic heterocycles. The van der Waals surface area contributed by atoms with Gasteiger partial charge in [-0.1, -0.05) is 13.0 Å². The second-order valence-electron chi connectivity index (χ2n) is 8.11. The maximum Gasteiger partial charge on any atom is 0.295 e. The van der Waals surface area contributed by atoms with E-state index in [2.05, 4.69) is 9.88 Å². The molecule has 0 bridgehead atoms. The Hall–Kier alpha value is -3.23. The lowest BCUT2D eigenvalue weighted by molar-refractivity contribution is -0.140. The van der Waals surface area contributed by atoms with Crippen molar-refractivity contribution in [2.75, 3.05) is 46.0 Å². The third-order valence-corrected chi connectivity index (χ3v) is 5.90. The normalized spacial score (nSPS) is 20.9. The van der Waals surface area contributed by atoms with Crippen molar-refractivity contribution in [2.24, 2.45) is 0 Å². The van der Waals surface area contributed by atoms with Crippen molar-refractivity contribution in [3.05, 3.63) is 65.5 Å². The average Bonchev–Trinajstić information content (AvgIpc) is 3.12. The van der Waals surface area contributed by atoms with E-state index in [9.17, 15) is 14.7 Å². The maximum absolute atomic E-state index is 13.1. The van der Waals surface area contributed by atoms with Crippen LogP contribution in [0.1, 0.15) is 30.5 Å². The zero-order chi connectivity index (χ0) is 23.2. The predicted octanol–water partition coefficient (Wildman–Crippen LogP) is 2.62. The molecule has 2 saturated heterocycles. The molecule has 0 spiro atoms. The molecular formula is C25H29N3O5. The Balaban J connectivity index is 1.66. The van der Waals surface area contributed by atoms with Crippen LogP contribution in [-0.2, 0) is 14.3 Å². The summed E-state index contributed by atoms with van der Waals surface area (Å²) in [6.45, 7) is 6.49. The number of ketones is 1. The summed E-state index contributed by atoms with van der Waals surface area (Å²) in [5, 5.41) is 11.1. The van der Waals surface area contributed by atoms with E-state index < -0.39 is 17.7 Å². The molecule has 8 nitrogen and oxygen atoms in total. The highest BCUT2D eigenvalue weighted by Gasteiger charge is 2.46. The highest BCUT2D eigenvalue weighted by atomic mass is 16.5. The highest BCUT2D eigenvalue weighted by molar-refractivity contribution is 6.46. The standard InChI is InChI=1S/C25H29N3O5/c1-2-14-33-20-7-5-18(6-8-20)23(29)21-22(19-4-3-9-26-17-19)28(25(31)24(21)30)11-10-27-12-15-32-16-13-27/h3-9,17,22,29H,2,10-16H2,1H3/b23-21+/t22-/m0/s1.